The molecule has 0 spiro atoms. The Morgan fingerprint density at radius 3 is 2.11 bits per heavy atom. The van der Waals surface area contributed by atoms with E-state index in [2.05, 4.69) is 5.32 Å². The predicted molar refractivity (Wildman–Crippen MR) is 79.4 cm³/mol. The molecule has 0 aromatic heterocycles. The molecule has 1 fully saturated rings. The van der Waals surface area contributed by atoms with Gasteiger partial charge in [0.1, 0.15) is 0 Å². The van der Waals surface area contributed by atoms with Crippen molar-refractivity contribution in [3.63, 3.8) is 0 Å². The molecule has 0 radical (unpaired) electrons. The van der Waals surface area contributed by atoms with Crippen LogP contribution in [0.2, 0.25) is 0 Å². The van der Waals surface area contributed by atoms with Gasteiger partial charge in [-0.1, -0.05) is 58.2 Å². The molecule has 18 heavy (non-hydrogen) atoms. The first-order valence-corrected chi connectivity index (χ1v) is 7.53. The lowest BCUT2D eigenvalue weighted by Gasteiger charge is -2.25. The molecule has 0 aromatic carbocycles. The third-order valence-electron chi connectivity index (χ3n) is 3.71. The Labute approximate surface area is 116 Å². The number of hydrogen-bond donors (Lipinski definition) is 2. The van der Waals surface area contributed by atoms with Gasteiger partial charge in [0.15, 0.2) is 0 Å². The molecule has 1 aliphatic carbocycles. The Morgan fingerprint density at radius 1 is 1.17 bits per heavy atom. The van der Waals surface area contributed by atoms with Crippen LogP contribution in [0.15, 0.2) is 0 Å². The van der Waals surface area contributed by atoms with Gasteiger partial charge >= 0.3 is 0 Å². The molecule has 1 rings (SSSR count). The number of nitrogens with two attached hydrogens (primary N) is 1. The highest BCUT2D eigenvalue weighted by atomic mass is 32.1. The van der Waals surface area contributed by atoms with E-state index in [0.717, 1.165) is 12.8 Å². The van der Waals surface area contributed by atoms with Gasteiger partial charge in [-0.25, -0.2) is 0 Å². The van der Waals surface area contributed by atoms with Crippen LogP contribution in [0.5, 0.6) is 0 Å². The van der Waals surface area contributed by atoms with Gasteiger partial charge in [0.25, 0.3) is 0 Å². The van der Waals surface area contributed by atoms with Crippen LogP contribution >= 0.6 is 12.2 Å². The van der Waals surface area contributed by atoms with E-state index < -0.39 is 0 Å². The highest BCUT2D eigenvalue weighted by Crippen LogP contribution is 2.18. The van der Waals surface area contributed by atoms with Crippen molar-refractivity contribution in [2.45, 2.75) is 64.8 Å². The first-order chi connectivity index (χ1) is 8.52. The Balaban J connectivity index is 2.52. The summed E-state index contributed by atoms with van der Waals surface area (Å²) < 4.78 is 0. The minimum absolute atomic E-state index is 0.0167. The fourth-order valence-electron chi connectivity index (χ4n) is 2.65. The van der Waals surface area contributed by atoms with E-state index in [4.69, 9.17) is 18.0 Å². The molecule has 0 heterocycles. The van der Waals surface area contributed by atoms with Crippen LogP contribution in [0.25, 0.3) is 0 Å². The van der Waals surface area contributed by atoms with Gasteiger partial charge < -0.3 is 11.1 Å². The van der Waals surface area contributed by atoms with Crippen molar-refractivity contribution in [1.29, 1.82) is 0 Å². The summed E-state index contributed by atoms with van der Waals surface area (Å²) in [4.78, 5) is 12.5. The second-order valence-corrected chi connectivity index (χ2v) is 6.15. The van der Waals surface area contributed by atoms with Gasteiger partial charge in [0.05, 0.1) is 10.9 Å². The lowest BCUT2D eigenvalue weighted by molar-refractivity contribution is -0.124. The molecule has 1 aliphatic rings. The quantitative estimate of drug-likeness (QED) is 0.772. The largest absolute Gasteiger partial charge is 0.393 e. The molecule has 1 saturated carbocycles. The minimum atomic E-state index is -0.328. The summed E-state index contributed by atoms with van der Waals surface area (Å²) in [5.74, 6) is -0.149. The van der Waals surface area contributed by atoms with E-state index in [-0.39, 0.29) is 17.7 Å². The molecule has 0 aliphatic heterocycles. The Kier molecular flexibility index (Phi) is 6.61. The molecule has 4 heteroatoms. The van der Waals surface area contributed by atoms with Crippen molar-refractivity contribution in [2.24, 2.45) is 17.6 Å². The van der Waals surface area contributed by atoms with Crippen LogP contribution in [-0.4, -0.2) is 16.9 Å². The summed E-state index contributed by atoms with van der Waals surface area (Å²) >= 11 is 5.00. The molecule has 104 valence electrons. The fraction of sp³-hybridized carbons (Fsp3) is 0.857. The highest BCUT2D eigenvalue weighted by molar-refractivity contribution is 7.80. The lowest BCUT2D eigenvalue weighted by atomic mass is 9.92. The second-order valence-electron chi connectivity index (χ2n) is 5.67. The molecule has 1 atom stereocenters. The van der Waals surface area contributed by atoms with Gasteiger partial charge in [-0.15, -0.1) is 0 Å². The third kappa shape index (κ3) is 4.92. The topological polar surface area (TPSA) is 55.1 Å². The molecule has 0 saturated heterocycles. The van der Waals surface area contributed by atoms with Crippen molar-refractivity contribution in [3.8, 4) is 0 Å². The third-order valence-corrected chi connectivity index (χ3v) is 3.96. The number of nitrogens with one attached hydrogen (secondary N) is 1. The smallest absolute Gasteiger partial charge is 0.230 e. The molecule has 3 N–H and O–H groups in total. The lowest BCUT2D eigenvalue weighted by Crippen LogP contribution is -2.45. The fourth-order valence-corrected chi connectivity index (χ4v) is 3.03. The molecule has 1 amide bonds. The number of amides is 1. The van der Waals surface area contributed by atoms with Gasteiger partial charge in [0, 0.05) is 6.04 Å². The van der Waals surface area contributed by atoms with Crippen molar-refractivity contribution < 1.29 is 4.79 Å². The van der Waals surface area contributed by atoms with Crippen LogP contribution in [-0.2, 0) is 4.79 Å². The van der Waals surface area contributed by atoms with Crippen molar-refractivity contribution >= 4 is 23.1 Å². The van der Waals surface area contributed by atoms with E-state index >= 15 is 0 Å². The van der Waals surface area contributed by atoms with Crippen LogP contribution in [0.4, 0.5) is 0 Å². The molecule has 0 aromatic rings. The Morgan fingerprint density at radius 2 is 1.67 bits per heavy atom. The monoisotopic (exact) mass is 270 g/mol. The summed E-state index contributed by atoms with van der Waals surface area (Å²) in [7, 11) is 0. The molecule has 1 unspecified atom stereocenters. The summed E-state index contributed by atoms with van der Waals surface area (Å²) in [6.07, 6.45) is 8.52. The summed E-state index contributed by atoms with van der Waals surface area (Å²) in [6.45, 7) is 3.98. The number of carbonyl (C=O) groups is 1. The van der Waals surface area contributed by atoms with Gasteiger partial charge in [-0.05, 0) is 18.8 Å². The maximum Gasteiger partial charge on any atom is 0.230 e. The zero-order valence-corrected chi connectivity index (χ0v) is 12.4. The van der Waals surface area contributed by atoms with Gasteiger partial charge in [-0.2, -0.15) is 0 Å². The molecular formula is C14H26N2OS. The van der Waals surface area contributed by atoms with Gasteiger partial charge in [-0.3, -0.25) is 4.79 Å². The molecular weight excluding hydrogens is 244 g/mol. The predicted octanol–water partition coefficient (Wildman–Crippen LogP) is 2.77. The van der Waals surface area contributed by atoms with Crippen LogP contribution in [0, 0.1) is 11.8 Å². The summed E-state index contributed by atoms with van der Waals surface area (Å²) in [5.41, 5.74) is 5.67. The van der Waals surface area contributed by atoms with E-state index in [1.54, 1.807) is 0 Å². The second kappa shape index (κ2) is 7.72. The van der Waals surface area contributed by atoms with Crippen molar-refractivity contribution in [3.05, 3.63) is 0 Å². The summed E-state index contributed by atoms with van der Waals surface area (Å²) in [5, 5.41) is 3.14. The maximum atomic E-state index is 12.2. The minimum Gasteiger partial charge on any atom is -0.393 e. The average molecular weight is 270 g/mol. The molecule has 3 nitrogen and oxygen atoms in total. The van der Waals surface area contributed by atoms with Crippen LogP contribution < -0.4 is 11.1 Å². The zero-order chi connectivity index (χ0) is 13.5. The molecule has 0 bridgehead atoms. The van der Waals surface area contributed by atoms with E-state index in [0.29, 0.717) is 11.0 Å². The van der Waals surface area contributed by atoms with Crippen molar-refractivity contribution in [1.82, 2.24) is 5.32 Å². The summed E-state index contributed by atoms with van der Waals surface area (Å²) in [6, 6.07) is 0.313. The van der Waals surface area contributed by atoms with E-state index in [1.165, 1.54) is 32.1 Å². The first kappa shape index (κ1) is 15.4. The standard InChI is InChI=1S/C14H26N2OS/c1-10(2)12(13(15)18)14(17)16-11-8-6-4-3-5-7-9-11/h10-12H,3-9H2,1-2H3,(H2,15,18)(H,16,17). The van der Waals surface area contributed by atoms with Crippen LogP contribution in [0.3, 0.4) is 0 Å². The SMILES string of the molecule is CC(C)C(C(=O)NC1CCCCCCC1)C(N)=S. The zero-order valence-electron chi connectivity index (χ0n) is 11.6. The van der Waals surface area contributed by atoms with Gasteiger partial charge in [0.2, 0.25) is 5.91 Å². The van der Waals surface area contributed by atoms with E-state index in [1.807, 2.05) is 13.8 Å². The highest BCUT2D eigenvalue weighted by Gasteiger charge is 2.26. The average Bonchev–Trinajstić information content (AvgIpc) is 2.20. The number of rotatable bonds is 4. The number of hydrogen-bond acceptors (Lipinski definition) is 2. The van der Waals surface area contributed by atoms with E-state index in [9.17, 15) is 4.79 Å². The number of carbonyl (C=O) groups excluding carboxylic acids is 1. The maximum absolute atomic E-state index is 12.2. The number of thiocarbonyl (C=S) groups is 1. The Bertz CT molecular complexity index is 284. The van der Waals surface area contributed by atoms with Crippen molar-refractivity contribution in [2.75, 3.05) is 0 Å². The normalized spacial score (nSPS) is 19.9. The van der Waals surface area contributed by atoms with Crippen LogP contribution in [0.1, 0.15) is 58.8 Å². The Hall–Kier alpha value is -0.640. The first-order valence-electron chi connectivity index (χ1n) is 7.12.